The molecule has 31 heavy (non-hydrogen) atoms. The lowest BCUT2D eigenvalue weighted by molar-refractivity contribution is 0.0495. The Hall–Kier alpha value is -2.82. The fraction of sp³-hybridized carbons (Fsp3) is 0.333. The number of nitrogens with zero attached hydrogens (tertiary/aromatic N) is 1. The van der Waals surface area contributed by atoms with Crippen LogP contribution in [0.25, 0.3) is 11.1 Å². The molecular weight excluding hydrogens is 386 g/mol. The van der Waals surface area contributed by atoms with E-state index in [4.69, 9.17) is 9.47 Å². The number of rotatable bonds is 6. The normalized spacial score (nSPS) is 22.3. The fourth-order valence-electron chi connectivity index (χ4n) is 4.65. The average molecular weight is 418 g/mol. The van der Waals surface area contributed by atoms with Crippen molar-refractivity contribution in [3.05, 3.63) is 78.4 Å². The van der Waals surface area contributed by atoms with E-state index in [2.05, 4.69) is 55.3 Å². The second-order valence-corrected chi connectivity index (χ2v) is 8.83. The summed E-state index contributed by atoms with van der Waals surface area (Å²) in [5.74, 6) is 2.36. The van der Waals surface area contributed by atoms with E-state index in [1.54, 1.807) is 7.11 Å². The molecule has 1 fully saturated rings. The zero-order valence-electron chi connectivity index (χ0n) is 18.7. The van der Waals surface area contributed by atoms with E-state index in [1.807, 2.05) is 43.3 Å². The lowest BCUT2D eigenvalue weighted by Gasteiger charge is -2.34. The second kappa shape index (κ2) is 8.74. The second-order valence-electron chi connectivity index (χ2n) is 8.83. The Bertz CT molecular complexity index is 1020. The van der Waals surface area contributed by atoms with E-state index in [9.17, 15) is 5.11 Å². The average Bonchev–Trinajstić information content (AvgIpc) is 3.10. The van der Waals surface area contributed by atoms with Crippen LogP contribution in [0.2, 0.25) is 0 Å². The van der Waals surface area contributed by atoms with Crippen LogP contribution in [0.15, 0.2) is 72.8 Å². The van der Waals surface area contributed by atoms with Crippen molar-refractivity contribution in [3.8, 4) is 28.4 Å². The third kappa shape index (κ3) is 4.32. The molecule has 1 N–H and O–H groups in total. The first kappa shape index (κ1) is 21.4. The third-order valence-electron chi connectivity index (χ3n) is 6.63. The van der Waals surface area contributed by atoms with Gasteiger partial charge in [-0.1, -0.05) is 55.5 Å². The van der Waals surface area contributed by atoms with E-state index in [0.29, 0.717) is 11.5 Å². The van der Waals surface area contributed by atoms with Gasteiger partial charge in [-0.05, 0) is 54.9 Å². The monoisotopic (exact) mass is 417 g/mol. The summed E-state index contributed by atoms with van der Waals surface area (Å²) in [6.07, 6.45) is -0.403. The molecule has 162 valence electrons. The quantitative estimate of drug-likeness (QED) is 0.569. The molecule has 1 saturated heterocycles. The van der Waals surface area contributed by atoms with Crippen LogP contribution in [0.1, 0.15) is 25.3 Å². The Morgan fingerprint density at radius 1 is 0.968 bits per heavy atom. The highest BCUT2D eigenvalue weighted by atomic mass is 16.5. The molecule has 4 nitrogen and oxygen atoms in total. The predicted molar refractivity (Wildman–Crippen MR) is 125 cm³/mol. The van der Waals surface area contributed by atoms with Crippen molar-refractivity contribution in [2.24, 2.45) is 5.41 Å². The standard InChI is InChI=1S/C27H31NO3/c1-19(29)27(2)18-28(3)17-24(27)22-12-15-25(30-4)26(16-22)31-23-13-10-21(11-14-23)20-8-6-5-7-9-20/h5-16,19,24,29H,17-18H2,1-4H3/t19-,24-,27-/m0/s1. The molecular formula is C27H31NO3. The van der Waals surface area contributed by atoms with Gasteiger partial charge in [0.25, 0.3) is 0 Å². The van der Waals surface area contributed by atoms with E-state index >= 15 is 0 Å². The van der Waals surface area contributed by atoms with Gasteiger partial charge in [0.1, 0.15) is 5.75 Å². The summed E-state index contributed by atoms with van der Waals surface area (Å²) in [5, 5.41) is 10.5. The van der Waals surface area contributed by atoms with Crippen LogP contribution >= 0.6 is 0 Å². The van der Waals surface area contributed by atoms with Crippen molar-refractivity contribution in [2.45, 2.75) is 25.9 Å². The summed E-state index contributed by atoms with van der Waals surface area (Å²) in [7, 11) is 3.76. The number of likely N-dealkylation sites (tertiary alicyclic amines) is 1. The highest BCUT2D eigenvalue weighted by molar-refractivity contribution is 5.64. The summed E-state index contributed by atoms with van der Waals surface area (Å²) in [5.41, 5.74) is 3.27. The molecule has 0 amide bonds. The zero-order chi connectivity index (χ0) is 22.0. The molecule has 0 bridgehead atoms. The number of aliphatic hydroxyl groups excluding tert-OH is 1. The van der Waals surface area contributed by atoms with Crippen molar-refractivity contribution in [1.29, 1.82) is 0 Å². The van der Waals surface area contributed by atoms with Crippen LogP contribution in [0, 0.1) is 5.41 Å². The van der Waals surface area contributed by atoms with Gasteiger partial charge in [0.05, 0.1) is 13.2 Å². The molecule has 1 heterocycles. The molecule has 0 spiro atoms. The van der Waals surface area contributed by atoms with E-state index in [0.717, 1.165) is 30.0 Å². The van der Waals surface area contributed by atoms with Crippen molar-refractivity contribution in [2.75, 3.05) is 27.2 Å². The summed E-state index contributed by atoms with van der Waals surface area (Å²) >= 11 is 0. The number of hydrogen-bond acceptors (Lipinski definition) is 4. The molecule has 0 aliphatic carbocycles. The zero-order valence-corrected chi connectivity index (χ0v) is 18.7. The molecule has 0 radical (unpaired) electrons. The van der Waals surface area contributed by atoms with Gasteiger partial charge in [0, 0.05) is 24.4 Å². The Balaban J connectivity index is 1.61. The molecule has 3 aromatic rings. The smallest absolute Gasteiger partial charge is 0.169 e. The van der Waals surface area contributed by atoms with Crippen LogP contribution in [0.3, 0.4) is 0 Å². The van der Waals surface area contributed by atoms with Crippen molar-refractivity contribution in [1.82, 2.24) is 4.90 Å². The van der Waals surface area contributed by atoms with Gasteiger partial charge >= 0.3 is 0 Å². The molecule has 4 rings (SSSR count). The lowest BCUT2D eigenvalue weighted by atomic mass is 9.72. The number of ether oxygens (including phenoxy) is 2. The SMILES string of the molecule is COc1ccc([C@@H]2CN(C)C[C@@]2(C)[C@H](C)O)cc1Oc1ccc(-c2ccccc2)cc1. The number of hydrogen-bond donors (Lipinski definition) is 1. The molecule has 4 heteroatoms. The Morgan fingerprint density at radius 2 is 1.65 bits per heavy atom. The maximum Gasteiger partial charge on any atom is 0.169 e. The first-order chi connectivity index (χ1) is 14.9. The minimum Gasteiger partial charge on any atom is -0.493 e. The highest BCUT2D eigenvalue weighted by Crippen LogP contribution is 2.46. The Kier molecular flexibility index (Phi) is 6.03. The Labute approximate surface area is 185 Å². The molecule has 0 aromatic heterocycles. The Morgan fingerprint density at radius 3 is 2.29 bits per heavy atom. The topological polar surface area (TPSA) is 41.9 Å². The molecule has 3 atom stereocenters. The van der Waals surface area contributed by atoms with E-state index < -0.39 is 6.10 Å². The summed E-state index contributed by atoms with van der Waals surface area (Å²) in [6, 6.07) is 24.5. The molecule has 1 aliphatic rings. The van der Waals surface area contributed by atoms with Crippen molar-refractivity contribution in [3.63, 3.8) is 0 Å². The van der Waals surface area contributed by atoms with E-state index in [1.165, 1.54) is 5.56 Å². The largest absolute Gasteiger partial charge is 0.493 e. The van der Waals surface area contributed by atoms with Crippen LogP contribution < -0.4 is 9.47 Å². The first-order valence-electron chi connectivity index (χ1n) is 10.8. The summed E-state index contributed by atoms with van der Waals surface area (Å²) in [4.78, 5) is 2.28. The predicted octanol–water partition coefficient (Wildman–Crippen LogP) is 5.57. The number of aliphatic hydroxyl groups is 1. The third-order valence-corrected chi connectivity index (χ3v) is 6.63. The van der Waals surface area contributed by atoms with Crippen molar-refractivity contribution >= 4 is 0 Å². The molecule has 3 aromatic carbocycles. The molecule has 0 unspecified atom stereocenters. The molecule has 1 aliphatic heterocycles. The van der Waals surface area contributed by atoms with Crippen molar-refractivity contribution < 1.29 is 14.6 Å². The summed E-state index contributed by atoms with van der Waals surface area (Å²) < 4.78 is 11.8. The molecule has 0 saturated carbocycles. The van der Waals surface area contributed by atoms with Gasteiger partial charge in [0.2, 0.25) is 0 Å². The maximum atomic E-state index is 10.5. The minimum atomic E-state index is -0.403. The fourth-order valence-corrected chi connectivity index (χ4v) is 4.65. The van der Waals surface area contributed by atoms with Gasteiger partial charge < -0.3 is 19.5 Å². The van der Waals surface area contributed by atoms with Crippen LogP contribution in [0.5, 0.6) is 17.2 Å². The maximum absolute atomic E-state index is 10.5. The lowest BCUT2D eigenvalue weighted by Crippen LogP contribution is -2.36. The van der Waals surface area contributed by atoms with E-state index in [-0.39, 0.29) is 11.3 Å². The number of methoxy groups -OCH3 is 1. The summed E-state index contributed by atoms with van der Waals surface area (Å²) in [6.45, 7) is 5.82. The van der Waals surface area contributed by atoms with Gasteiger partial charge in [-0.3, -0.25) is 0 Å². The van der Waals surface area contributed by atoms with Crippen LogP contribution in [0.4, 0.5) is 0 Å². The number of benzene rings is 3. The van der Waals surface area contributed by atoms with Crippen LogP contribution in [-0.2, 0) is 0 Å². The van der Waals surface area contributed by atoms with Gasteiger partial charge in [0.15, 0.2) is 11.5 Å². The van der Waals surface area contributed by atoms with Gasteiger partial charge in [-0.15, -0.1) is 0 Å². The highest BCUT2D eigenvalue weighted by Gasteiger charge is 2.45. The van der Waals surface area contributed by atoms with Gasteiger partial charge in [-0.25, -0.2) is 0 Å². The number of likely N-dealkylation sites (N-methyl/N-ethyl adjacent to an activating group) is 1. The minimum absolute atomic E-state index is 0.210. The first-order valence-corrected chi connectivity index (χ1v) is 10.8. The van der Waals surface area contributed by atoms with Crippen LogP contribution in [-0.4, -0.2) is 43.4 Å². The van der Waals surface area contributed by atoms with Gasteiger partial charge in [-0.2, -0.15) is 0 Å².